The third kappa shape index (κ3) is 4.97. The van der Waals surface area contributed by atoms with Gasteiger partial charge in [0.05, 0.1) is 21.8 Å². The van der Waals surface area contributed by atoms with Crippen molar-refractivity contribution in [2.75, 3.05) is 7.11 Å². The van der Waals surface area contributed by atoms with E-state index in [1.54, 1.807) is 0 Å². The summed E-state index contributed by atoms with van der Waals surface area (Å²) >= 11 is -0.293. The van der Waals surface area contributed by atoms with Gasteiger partial charge >= 0.3 is 0 Å². The largest absolute Gasteiger partial charge is 0.497 e. The van der Waals surface area contributed by atoms with E-state index in [0.29, 0.717) is 17.5 Å². The van der Waals surface area contributed by atoms with Crippen molar-refractivity contribution in [3.05, 3.63) is 112 Å². The second-order valence-corrected chi connectivity index (χ2v) is 9.55. The molecule has 0 fully saturated rings. The maximum Gasteiger partial charge on any atom is 0.199 e. The van der Waals surface area contributed by atoms with Crippen LogP contribution in [0.1, 0.15) is 15.9 Å². The first-order valence-corrected chi connectivity index (χ1v) is 12.0. The van der Waals surface area contributed by atoms with Gasteiger partial charge in [0.1, 0.15) is 11.3 Å². The van der Waals surface area contributed by atoms with Crippen LogP contribution in [0.15, 0.2) is 74.2 Å². The van der Waals surface area contributed by atoms with Crippen molar-refractivity contribution >= 4 is 29.3 Å². The molecule has 4 aromatic rings. The van der Waals surface area contributed by atoms with Gasteiger partial charge in [-0.2, -0.15) is 0 Å². The predicted molar refractivity (Wildman–Crippen MR) is 124 cm³/mol. The molecule has 0 N–H and O–H groups in total. The van der Waals surface area contributed by atoms with Crippen LogP contribution in [0.2, 0.25) is 0 Å². The zero-order valence-corrected chi connectivity index (χ0v) is 20.5. The monoisotopic (exact) mass is 572 g/mol. The Morgan fingerprint density at radius 1 is 0.579 bits per heavy atom. The van der Waals surface area contributed by atoms with Crippen molar-refractivity contribution in [1.82, 2.24) is 0 Å². The molecular formula is C26H12F8O2S2. The van der Waals surface area contributed by atoms with Crippen molar-refractivity contribution in [2.45, 2.75) is 19.6 Å². The van der Waals surface area contributed by atoms with Gasteiger partial charge in [0.25, 0.3) is 0 Å². The Morgan fingerprint density at radius 3 is 1.45 bits per heavy atom. The Bertz CT molecular complexity index is 1490. The predicted octanol–water partition coefficient (Wildman–Crippen LogP) is 8.34. The van der Waals surface area contributed by atoms with Crippen LogP contribution in [-0.4, -0.2) is 12.9 Å². The molecule has 0 bridgehead atoms. The van der Waals surface area contributed by atoms with E-state index in [1.807, 2.05) is 0 Å². The minimum atomic E-state index is -2.18. The highest BCUT2D eigenvalue weighted by molar-refractivity contribution is 7.99. The first-order chi connectivity index (χ1) is 18.1. The lowest BCUT2D eigenvalue weighted by molar-refractivity contribution is 0.102. The van der Waals surface area contributed by atoms with Crippen LogP contribution in [0.3, 0.4) is 0 Å². The lowest BCUT2D eigenvalue weighted by Gasteiger charge is -2.14. The van der Waals surface area contributed by atoms with E-state index in [4.69, 9.17) is 4.74 Å². The summed E-state index contributed by atoms with van der Waals surface area (Å²) in [7, 11) is 1.38. The van der Waals surface area contributed by atoms with Gasteiger partial charge in [-0.05, 0) is 24.3 Å². The van der Waals surface area contributed by atoms with E-state index < -0.39 is 84.3 Å². The van der Waals surface area contributed by atoms with Gasteiger partial charge in [-0.3, -0.25) is 4.79 Å². The number of ketones is 1. The third-order valence-electron chi connectivity index (χ3n) is 5.15. The molecule has 0 aliphatic rings. The Morgan fingerprint density at radius 2 is 1.00 bits per heavy atom. The topological polar surface area (TPSA) is 26.3 Å². The van der Waals surface area contributed by atoms with Crippen LogP contribution in [0.4, 0.5) is 35.1 Å². The van der Waals surface area contributed by atoms with Crippen molar-refractivity contribution in [2.24, 2.45) is 0 Å². The van der Waals surface area contributed by atoms with Gasteiger partial charge in [0, 0.05) is 10.5 Å². The third-order valence-corrected chi connectivity index (χ3v) is 7.35. The second kappa shape index (κ2) is 11.1. The van der Waals surface area contributed by atoms with Crippen molar-refractivity contribution in [1.29, 1.82) is 0 Å². The Kier molecular flexibility index (Phi) is 8.02. The number of carbonyl (C=O) groups is 1. The maximum atomic E-state index is 14.8. The molecule has 0 saturated carbocycles. The number of ether oxygens (including phenoxy) is 1. The normalized spacial score (nSPS) is 11.1. The molecule has 0 heterocycles. The lowest BCUT2D eigenvalue weighted by Crippen LogP contribution is -2.13. The van der Waals surface area contributed by atoms with E-state index in [0.717, 1.165) is 12.1 Å². The highest BCUT2D eigenvalue weighted by Gasteiger charge is 2.33. The fourth-order valence-electron chi connectivity index (χ4n) is 3.27. The summed E-state index contributed by atoms with van der Waals surface area (Å²) in [6.45, 7) is 0. The highest BCUT2D eigenvalue weighted by atomic mass is 32.2. The average Bonchev–Trinajstić information content (AvgIpc) is 2.93. The molecule has 0 unspecified atom stereocenters. The lowest BCUT2D eigenvalue weighted by atomic mass is 10.0. The smallest absolute Gasteiger partial charge is 0.199 e. The summed E-state index contributed by atoms with van der Waals surface area (Å²) in [4.78, 5) is 8.28. The molecule has 0 aromatic heterocycles. The Balaban J connectivity index is 1.75. The number of hydrogen-bond acceptors (Lipinski definition) is 4. The van der Waals surface area contributed by atoms with Gasteiger partial charge in [-0.15, -0.1) is 0 Å². The van der Waals surface area contributed by atoms with Gasteiger partial charge in [0.15, 0.2) is 52.3 Å². The zero-order valence-electron chi connectivity index (χ0n) is 18.9. The summed E-state index contributed by atoms with van der Waals surface area (Å²) in [6.07, 6.45) is 0. The van der Waals surface area contributed by atoms with E-state index in [-0.39, 0.29) is 10.5 Å². The molecule has 0 spiro atoms. The molecule has 0 atom stereocenters. The zero-order chi connectivity index (χ0) is 27.7. The Hall–Kier alpha value is -3.51. The van der Waals surface area contributed by atoms with E-state index >= 15 is 0 Å². The number of benzene rings is 4. The minimum absolute atomic E-state index is 0.169. The number of methoxy groups -OCH3 is 1. The number of hydrogen-bond donors (Lipinski definition) is 0. The van der Waals surface area contributed by atoms with Gasteiger partial charge in [-0.25, -0.2) is 35.1 Å². The van der Waals surface area contributed by atoms with Crippen molar-refractivity contribution in [3.8, 4) is 5.75 Å². The van der Waals surface area contributed by atoms with Crippen molar-refractivity contribution < 1.29 is 44.7 Å². The molecular weight excluding hydrogens is 560 g/mol. The summed E-state index contributed by atoms with van der Waals surface area (Å²) in [5, 5.41) is 0. The molecule has 12 heteroatoms. The van der Waals surface area contributed by atoms with Crippen molar-refractivity contribution in [3.63, 3.8) is 0 Å². The molecule has 4 aromatic carbocycles. The number of carbonyl (C=O) groups excluding carboxylic acids is 1. The Labute approximate surface area is 218 Å². The minimum Gasteiger partial charge on any atom is -0.497 e. The molecule has 0 saturated heterocycles. The van der Waals surface area contributed by atoms with Gasteiger partial charge in [0.2, 0.25) is 0 Å². The fourth-order valence-corrected chi connectivity index (χ4v) is 5.06. The number of halogens is 8. The first-order valence-electron chi connectivity index (χ1n) is 10.4. The molecule has 38 heavy (non-hydrogen) atoms. The molecule has 4 rings (SSSR count). The molecule has 0 radical (unpaired) electrons. The maximum absolute atomic E-state index is 14.8. The summed E-state index contributed by atoms with van der Waals surface area (Å²) in [5.41, 5.74) is -1.88. The van der Waals surface area contributed by atoms with Crippen LogP contribution in [-0.2, 0) is 0 Å². The van der Waals surface area contributed by atoms with Crippen LogP contribution in [0, 0.1) is 46.5 Å². The van der Waals surface area contributed by atoms with E-state index in [2.05, 4.69) is 0 Å². The van der Waals surface area contributed by atoms with Crippen LogP contribution < -0.4 is 4.74 Å². The van der Waals surface area contributed by atoms with Crippen LogP contribution in [0.25, 0.3) is 0 Å². The molecule has 0 aliphatic heterocycles. The molecule has 0 amide bonds. The van der Waals surface area contributed by atoms with Gasteiger partial charge in [-0.1, -0.05) is 53.9 Å². The quantitative estimate of drug-likeness (QED) is 0.126. The first kappa shape index (κ1) is 27.5. The second-order valence-electron chi connectivity index (χ2n) is 7.45. The molecule has 2 nitrogen and oxygen atoms in total. The van der Waals surface area contributed by atoms with E-state index in [9.17, 15) is 39.9 Å². The van der Waals surface area contributed by atoms with Crippen LogP contribution >= 0.6 is 23.5 Å². The van der Waals surface area contributed by atoms with Gasteiger partial charge < -0.3 is 4.74 Å². The standard InChI is InChI=1S/C26H12F8O2S2/c1-36-12-7-9-13(10-8-12)37-24-19(31)21(33)26(22(34)20(24)32)38-25-17(29)15(27)14(16(28)18(25)30)23(35)11-5-3-2-4-6-11/h2-10H,1H3. The number of rotatable bonds is 7. The summed E-state index contributed by atoms with van der Waals surface area (Å²) in [5.74, 6) is -17.5. The SMILES string of the molecule is COc1ccc(Sc2c(F)c(F)c(Sc3c(F)c(F)c(C(=O)c4ccccc4)c(F)c3F)c(F)c2F)cc1. The fraction of sp³-hybridized carbons (Fsp3) is 0.0385. The van der Waals surface area contributed by atoms with E-state index in [1.165, 1.54) is 49.6 Å². The summed E-state index contributed by atoms with van der Waals surface area (Å²) < 4.78 is 123. The summed E-state index contributed by atoms with van der Waals surface area (Å²) in [6, 6.07) is 12.0. The molecule has 196 valence electrons. The molecule has 0 aliphatic carbocycles. The van der Waals surface area contributed by atoms with Crippen LogP contribution in [0.5, 0.6) is 5.75 Å². The highest BCUT2D eigenvalue weighted by Crippen LogP contribution is 2.43. The average molecular weight is 572 g/mol.